The van der Waals surface area contributed by atoms with Crippen LogP contribution in [0, 0.1) is 5.92 Å². The summed E-state index contributed by atoms with van der Waals surface area (Å²) >= 11 is 3.43. The molecule has 5 nitrogen and oxygen atoms in total. The number of amides is 2. The fraction of sp³-hybridized carbons (Fsp3) is 0.129. The van der Waals surface area contributed by atoms with Gasteiger partial charge in [0.05, 0.1) is 5.92 Å². The number of Topliss-reactive ketones (excluding diaryl/α,β-unsaturated/α-hetero) is 1. The molecule has 6 heteroatoms. The summed E-state index contributed by atoms with van der Waals surface area (Å²) < 4.78 is 0.850. The first-order valence-corrected chi connectivity index (χ1v) is 12.9. The minimum atomic E-state index is -1.49. The van der Waals surface area contributed by atoms with Crippen molar-refractivity contribution in [1.29, 1.82) is 0 Å². The molecule has 4 aromatic rings. The van der Waals surface area contributed by atoms with Gasteiger partial charge < -0.3 is 10.2 Å². The third-order valence-corrected chi connectivity index (χ3v) is 8.02. The number of para-hydroxylation sites is 1. The van der Waals surface area contributed by atoms with Crippen LogP contribution in [0.2, 0.25) is 0 Å². The van der Waals surface area contributed by atoms with Gasteiger partial charge in [-0.25, -0.2) is 0 Å². The highest BCUT2D eigenvalue weighted by Crippen LogP contribution is 2.56. The van der Waals surface area contributed by atoms with E-state index >= 15 is 0 Å². The SMILES string of the molecule is O=C(c1ccccc1)C1C(c2ccccc2)CN(C(=O)c2ccc(Br)cc2)C12C(=O)Nc1ccccc12. The summed E-state index contributed by atoms with van der Waals surface area (Å²) in [6.07, 6.45) is 0. The number of carbonyl (C=O) groups is 3. The van der Waals surface area contributed by atoms with Crippen LogP contribution in [0.15, 0.2) is 114 Å². The van der Waals surface area contributed by atoms with Gasteiger partial charge in [-0.15, -0.1) is 0 Å². The van der Waals surface area contributed by atoms with E-state index in [-0.39, 0.29) is 30.1 Å². The molecule has 2 aliphatic rings. The molecule has 0 bridgehead atoms. The van der Waals surface area contributed by atoms with Crippen LogP contribution in [-0.2, 0) is 10.3 Å². The lowest BCUT2D eigenvalue weighted by atomic mass is 9.70. The first-order chi connectivity index (χ1) is 18.0. The number of nitrogens with one attached hydrogen (secondary N) is 1. The molecule has 182 valence electrons. The summed E-state index contributed by atoms with van der Waals surface area (Å²) in [5.74, 6) is -2.01. The van der Waals surface area contributed by atoms with Gasteiger partial charge >= 0.3 is 0 Å². The van der Waals surface area contributed by atoms with E-state index in [0.717, 1.165) is 10.0 Å². The topological polar surface area (TPSA) is 66.5 Å². The van der Waals surface area contributed by atoms with E-state index in [0.29, 0.717) is 22.4 Å². The van der Waals surface area contributed by atoms with E-state index in [1.807, 2.05) is 72.8 Å². The molecular formula is C31H23BrN2O3. The number of ketones is 1. The molecule has 2 amide bonds. The van der Waals surface area contributed by atoms with Crippen molar-refractivity contribution in [2.45, 2.75) is 11.5 Å². The summed E-state index contributed by atoms with van der Waals surface area (Å²) in [7, 11) is 0. The number of hydrogen-bond donors (Lipinski definition) is 1. The predicted octanol–water partition coefficient (Wildman–Crippen LogP) is 6.04. The van der Waals surface area contributed by atoms with Gasteiger partial charge in [0.15, 0.2) is 11.3 Å². The Morgan fingerprint density at radius 3 is 2.11 bits per heavy atom. The molecule has 0 aliphatic carbocycles. The lowest BCUT2D eigenvalue weighted by Gasteiger charge is -2.37. The van der Waals surface area contributed by atoms with E-state index in [4.69, 9.17) is 0 Å². The van der Waals surface area contributed by atoms with Crippen molar-refractivity contribution in [2.24, 2.45) is 5.92 Å². The summed E-state index contributed by atoms with van der Waals surface area (Å²) in [4.78, 5) is 44.3. The Morgan fingerprint density at radius 2 is 1.41 bits per heavy atom. The largest absolute Gasteiger partial charge is 0.323 e. The van der Waals surface area contributed by atoms with Gasteiger partial charge in [-0.3, -0.25) is 14.4 Å². The van der Waals surface area contributed by atoms with Crippen molar-refractivity contribution in [1.82, 2.24) is 4.90 Å². The third-order valence-electron chi connectivity index (χ3n) is 7.49. The maximum atomic E-state index is 14.4. The number of nitrogens with zero attached hydrogens (tertiary/aromatic N) is 1. The zero-order valence-electron chi connectivity index (χ0n) is 19.8. The van der Waals surface area contributed by atoms with Crippen LogP contribution in [0.1, 0.15) is 37.8 Å². The van der Waals surface area contributed by atoms with Gasteiger partial charge in [0.25, 0.3) is 11.8 Å². The summed E-state index contributed by atoms with van der Waals surface area (Å²) in [5.41, 5.74) is 1.68. The minimum absolute atomic E-state index is 0.160. The second-order valence-corrected chi connectivity index (χ2v) is 10.3. The molecule has 3 atom stereocenters. The average molecular weight is 551 g/mol. The van der Waals surface area contributed by atoms with E-state index in [2.05, 4.69) is 21.2 Å². The molecular weight excluding hydrogens is 528 g/mol. The predicted molar refractivity (Wildman–Crippen MR) is 145 cm³/mol. The van der Waals surface area contributed by atoms with Crippen LogP contribution in [0.4, 0.5) is 5.69 Å². The molecule has 2 heterocycles. The lowest BCUT2D eigenvalue weighted by molar-refractivity contribution is -0.126. The fourth-order valence-corrected chi connectivity index (χ4v) is 6.15. The highest BCUT2D eigenvalue weighted by molar-refractivity contribution is 9.10. The highest BCUT2D eigenvalue weighted by atomic mass is 79.9. The Balaban J connectivity index is 1.61. The average Bonchev–Trinajstić information content (AvgIpc) is 3.45. The molecule has 6 rings (SSSR count). The van der Waals surface area contributed by atoms with Crippen molar-refractivity contribution < 1.29 is 14.4 Å². The standard InChI is InChI=1S/C31H23BrN2O3/c32-23-17-15-22(16-18-23)29(36)34-19-24(20-9-3-1-4-10-20)27(28(35)21-11-5-2-6-12-21)31(34)25-13-7-8-14-26(25)33-30(31)37/h1-18,24,27H,19H2,(H,33,37). The van der Waals surface area contributed by atoms with Gasteiger partial charge in [0, 0.05) is 39.3 Å². The zero-order chi connectivity index (χ0) is 25.6. The number of carbonyl (C=O) groups excluding carboxylic acids is 3. The molecule has 1 spiro atoms. The molecule has 1 saturated heterocycles. The highest BCUT2D eigenvalue weighted by Gasteiger charge is 2.66. The number of rotatable bonds is 4. The Kier molecular flexibility index (Phi) is 5.76. The van der Waals surface area contributed by atoms with E-state index < -0.39 is 11.5 Å². The molecule has 1 N–H and O–H groups in total. The second-order valence-electron chi connectivity index (χ2n) is 9.41. The Bertz CT molecular complexity index is 1500. The minimum Gasteiger partial charge on any atom is -0.323 e. The van der Waals surface area contributed by atoms with Crippen molar-refractivity contribution in [3.8, 4) is 0 Å². The van der Waals surface area contributed by atoms with Crippen LogP contribution in [0.3, 0.4) is 0 Å². The summed E-state index contributed by atoms with van der Waals surface area (Å²) in [5, 5.41) is 2.99. The Labute approximate surface area is 223 Å². The van der Waals surface area contributed by atoms with Gasteiger partial charge in [0.1, 0.15) is 0 Å². The van der Waals surface area contributed by atoms with Crippen molar-refractivity contribution in [3.63, 3.8) is 0 Å². The third kappa shape index (κ3) is 3.63. The molecule has 0 aromatic heterocycles. The van der Waals surface area contributed by atoms with Crippen LogP contribution in [0.25, 0.3) is 0 Å². The monoisotopic (exact) mass is 550 g/mol. The Hall–Kier alpha value is -4.03. The smallest absolute Gasteiger partial charge is 0.255 e. The fourth-order valence-electron chi connectivity index (χ4n) is 5.89. The zero-order valence-corrected chi connectivity index (χ0v) is 21.4. The maximum Gasteiger partial charge on any atom is 0.255 e. The molecule has 1 fully saturated rings. The van der Waals surface area contributed by atoms with Crippen LogP contribution in [0.5, 0.6) is 0 Å². The number of halogens is 1. The van der Waals surface area contributed by atoms with E-state index in [1.165, 1.54) is 0 Å². The lowest BCUT2D eigenvalue weighted by Crippen LogP contribution is -2.54. The number of benzene rings is 4. The molecule has 0 saturated carbocycles. The van der Waals surface area contributed by atoms with Crippen LogP contribution >= 0.6 is 15.9 Å². The Morgan fingerprint density at radius 1 is 0.784 bits per heavy atom. The van der Waals surface area contributed by atoms with Crippen molar-refractivity contribution >= 4 is 39.2 Å². The number of likely N-dealkylation sites (tertiary alicyclic amines) is 1. The van der Waals surface area contributed by atoms with Crippen LogP contribution < -0.4 is 5.32 Å². The summed E-state index contributed by atoms with van der Waals surface area (Å²) in [6, 6.07) is 33.2. The second kappa shape index (κ2) is 9.12. The first-order valence-electron chi connectivity index (χ1n) is 12.1. The number of hydrogen-bond acceptors (Lipinski definition) is 3. The maximum absolute atomic E-state index is 14.4. The van der Waals surface area contributed by atoms with Gasteiger partial charge in [-0.1, -0.05) is 94.8 Å². The molecule has 0 radical (unpaired) electrons. The molecule has 2 aliphatic heterocycles. The van der Waals surface area contributed by atoms with Gasteiger partial charge in [0.2, 0.25) is 0 Å². The normalized spacial score (nSPS) is 22.1. The van der Waals surface area contributed by atoms with Gasteiger partial charge in [-0.2, -0.15) is 0 Å². The van der Waals surface area contributed by atoms with Crippen LogP contribution in [-0.4, -0.2) is 29.0 Å². The quantitative estimate of drug-likeness (QED) is 0.315. The van der Waals surface area contributed by atoms with E-state index in [9.17, 15) is 14.4 Å². The first kappa shape index (κ1) is 23.4. The van der Waals surface area contributed by atoms with Gasteiger partial charge in [-0.05, 0) is 35.9 Å². The number of fused-ring (bicyclic) bond motifs is 2. The molecule has 4 aromatic carbocycles. The molecule has 37 heavy (non-hydrogen) atoms. The van der Waals surface area contributed by atoms with Crippen molar-refractivity contribution in [3.05, 3.63) is 136 Å². The van der Waals surface area contributed by atoms with Crippen molar-refractivity contribution in [2.75, 3.05) is 11.9 Å². The van der Waals surface area contributed by atoms with E-state index in [1.54, 1.807) is 41.3 Å². The summed E-state index contributed by atoms with van der Waals surface area (Å²) in [6.45, 7) is 0.226. The number of anilines is 1. The molecule has 3 unspecified atom stereocenters.